The van der Waals surface area contributed by atoms with Crippen LogP contribution in [0.15, 0.2) is 35.2 Å². The summed E-state index contributed by atoms with van der Waals surface area (Å²) < 4.78 is 18.7. The summed E-state index contributed by atoms with van der Waals surface area (Å²) in [5, 5.41) is 0. The molecule has 1 aromatic heterocycles. The molecule has 0 spiro atoms. The normalized spacial score (nSPS) is 16.9. The fraction of sp³-hybridized carbons (Fsp3) is 0.389. The molecule has 0 radical (unpaired) electrons. The van der Waals surface area contributed by atoms with E-state index in [-0.39, 0.29) is 17.8 Å². The van der Waals surface area contributed by atoms with Crippen LogP contribution in [0.25, 0.3) is 0 Å². The summed E-state index contributed by atoms with van der Waals surface area (Å²) in [6.07, 6.45) is 0.685. The van der Waals surface area contributed by atoms with Crippen molar-refractivity contribution in [3.63, 3.8) is 0 Å². The Balaban J connectivity index is 1.49. The lowest BCUT2D eigenvalue weighted by Crippen LogP contribution is -2.32. The third-order valence-corrected chi connectivity index (χ3v) is 4.90. The zero-order valence-electron chi connectivity index (χ0n) is 14.2. The standard InChI is InChI=1S/C18H20FN3O2S/c1-12-9-13(2)21-18(20-12)24-15-7-8-22(10-15)17(23)11-25-16-5-3-14(19)4-6-16/h3-6,9,15H,7-8,10-11H2,1-2H3/t15-/m1/s1. The number of ether oxygens (including phenoxy) is 1. The Morgan fingerprint density at radius 2 is 1.96 bits per heavy atom. The topological polar surface area (TPSA) is 55.3 Å². The highest BCUT2D eigenvalue weighted by molar-refractivity contribution is 8.00. The number of halogens is 1. The molecule has 2 aromatic rings. The van der Waals surface area contributed by atoms with Crippen molar-refractivity contribution in [1.82, 2.24) is 14.9 Å². The molecule has 25 heavy (non-hydrogen) atoms. The van der Waals surface area contributed by atoms with Crippen LogP contribution in [0.3, 0.4) is 0 Å². The van der Waals surface area contributed by atoms with E-state index in [2.05, 4.69) is 9.97 Å². The van der Waals surface area contributed by atoms with E-state index >= 15 is 0 Å². The molecule has 1 amide bonds. The zero-order valence-corrected chi connectivity index (χ0v) is 15.1. The number of rotatable bonds is 5. The number of nitrogens with zero attached hydrogens (tertiary/aromatic N) is 3. The minimum Gasteiger partial charge on any atom is -0.458 e. The van der Waals surface area contributed by atoms with Gasteiger partial charge in [-0.05, 0) is 44.2 Å². The van der Waals surface area contributed by atoms with Gasteiger partial charge in [0.2, 0.25) is 5.91 Å². The van der Waals surface area contributed by atoms with Gasteiger partial charge in [0.25, 0.3) is 0 Å². The van der Waals surface area contributed by atoms with Gasteiger partial charge in [-0.1, -0.05) is 0 Å². The Morgan fingerprint density at radius 1 is 1.28 bits per heavy atom. The van der Waals surface area contributed by atoms with Gasteiger partial charge in [0.1, 0.15) is 11.9 Å². The molecule has 132 valence electrons. The van der Waals surface area contributed by atoms with Crippen LogP contribution in [-0.4, -0.2) is 45.7 Å². The largest absolute Gasteiger partial charge is 0.458 e. The van der Waals surface area contributed by atoms with E-state index in [1.165, 1.54) is 23.9 Å². The molecule has 0 bridgehead atoms. The van der Waals surface area contributed by atoms with Gasteiger partial charge in [0.05, 0.1) is 12.3 Å². The van der Waals surface area contributed by atoms with E-state index in [1.807, 2.05) is 19.9 Å². The summed E-state index contributed by atoms with van der Waals surface area (Å²) in [5.41, 5.74) is 1.73. The van der Waals surface area contributed by atoms with Crippen LogP contribution in [0.1, 0.15) is 17.8 Å². The van der Waals surface area contributed by atoms with E-state index in [0.29, 0.717) is 24.9 Å². The number of carbonyl (C=O) groups excluding carboxylic acids is 1. The summed E-state index contributed by atoms with van der Waals surface area (Å²) in [6.45, 7) is 5.01. The number of thioether (sulfide) groups is 1. The molecule has 1 atom stereocenters. The Labute approximate surface area is 150 Å². The van der Waals surface area contributed by atoms with Gasteiger partial charge in [-0.3, -0.25) is 4.79 Å². The lowest BCUT2D eigenvalue weighted by atomic mass is 10.3. The van der Waals surface area contributed by atoms with Crippen molar-refractivity contribution in [2.75, 3.05) is 18.8 Å². The van der Waals surface area contributed by atoms with Crippen molar-refractivity contribution in [2.24, 2.45) is 0 Å². The summed E-state index contributed by atoms with van der Waals surface area (Å²) in [4.78, 5) is 23.6. The number of hydrogen-bond acceptors (Lipinski definition) is 5. The Kier molecular flexibility index (Phi) is 5.53. The highest BCUT2D eigenvalue weighted by Crippen LogP contribution is 2.21. The minimum atomic E-state index is -0.274. The first-order valence-electron chi connectivity index (χ1n) is 8.14. The number of amides is 1. The molecule has 1 saturated heterocycles. The highest BCUT2D eigenvalue weighted by atomic mass is 32.2. The van der Waals surface area contributed by atoms with Crippen LogP contribution >= 0.6 is 11.8 Å². The van der Waals surface area contributed by atoms with E-state index < -0.39 is 0 Å². The molecule has 0 saturated carbocycles. The first-order valence-corrected chi connectivity index (χ1v) is 9.13. The van der Waals surface area contributed by atoms with Gasteiger partial charge in [-0.2, -0.15) is 0 Å². The fourth-order valence-corrected chi connectivity index (χ4v) is 3.51. The van der Waals surface area contributed by atoms with Crippen molar-refractivity contribution in [3.8, 4) is 6.01 Å². The third kappa shape index (κ3) is 4.92. The maximum Gasteiger partial charge on any atom is 0.317 e. The Hall–Kier alpha value is -2.15. The molecular weight excluding hydrogens is 341 g/mol. The first-order chi connectivity index (χ1) is 12.0. The van der Waals surface area contributed by atoms with Crippen LogP contribution in [0.4, 0.5) is 4.39 Å². The number of likely N-dealkylation sites (tertiary alicyclic amines) is 1. The predicted octanol–water partition coefficient (Wildman–Crippen LogP) is 3.00. The van der Waals surface area contributed by atoms with Gasteiger partial charge in [-0.15, -0.1) is 11.8 Å². The number of hydrogen-bond donors (Lipinski definition) is 0. The maximum absolute atomic E-state index is 12.9. The van der Waals surface area contributed by atoms with Crippen LogP contribution < -0.4 is 4.74 Å². The summed E-state index contributed by atoms with van der Waals surface area (Å²) in [7, 11) is 0. The van der Waals surface area contributed by atoms with E-state index in [9.17, 15) is 9.18 Å². The van der Waals surface area contributed by atoms with Crippen LogP contribution in [-0.2, 0) is 4.79 Å². The lowest BCUT2D eigenvalue weighted by molar-refractivity contribution is -0.127. The molecule has 1 aliphatic rings. The Bertz CT molecular complexity index is 734. The van der Waals surface area contributed by atoms with Crippen molar-refractivity contribution < 1.29 is 13.9 Å². The van der Waals surface area contributed by atoms with Gasteiger partial charge in [0, 0.05) is 29.2 Å². The second-order valence-electron chi connectivity index (χ2n) is 6.04. The monoisotopic (exact) mass is 361 g/mol. The quantitative estimate of drug-likeness (QED) is 0.767. The molecule has 5 nitrogen and oxygen atoms in total. The molecule has 1 aliphatic heterocycles. The summed E-state index contributed by atoms with van der Waals surface area (Å²) in [6, 6.07) is 8.43. The van der Waals surface area contributed by atoms with Gasteiger partial charge in [-0.25, -0.2) is 14.4 Å². The molecule has 7 heteroatoms. The van der Waals surface area contributed by atoms with Gasteiger partial charge in [0.15, 0.2) is 0 Å². The number of aryl methyl sites for hydroxylation is 2. The van der Waals surface area contributed by atoms with Crippen molar-refractivity contribution in [1.29, 1.82) is 0 Å². The van der Waals surface area contributed by atoms with Crippen LogP contribution in [0, 0.1) is 19.7 Å². The molecule has 3 rings (SSSR count). The van der Waals surface area contributed by atoms with E-state index in [1.54, 1.807) is 17.0 Å². The highest BCUT2D eigenvalue weighted by Gasteiger charge is 2.28. The van der Waals surface area contributed by atoms with Crippen LogP contribution in [0.2, 0.25) is 0 Å². The molecule has 2 heterocycles. The summed E-state index contributed by atoms with van der Waals surface area (Å²) >= 11 is 1.41. The van der Waals surface area contributed by atoms with Crippen molar-refractivity contribution >= 4 is 17.7 Å². The first kappa shape index (κ1) is 17.7. The van der Waals surface area contributed by atoms with Crippen molar-refractivity contribution in [2.45, 2.75) is 31.3 Å². The predicted molar refractivity (Wildman–Crippen MR) is 94.2 cm³/mol. The molecule has 0 aliphatic carbocycles. The molecule has 1 fully saturated rings. The van der Waals surface area contributed by atoms with Gasteiger partial charge >= 0.3 is 6.01 Å². The number of carbonyl (C=O) groups is 1. The van der Waals surface area contributed by atoms with Crippen molar-refractivity contribution in [3.05, 3.63) is 47.5 Å². The second-order valence-corrected chi connectivity index (χ2v) is 7.09. The summed E-state index contributed by atoms with van der Waals surface area (Å²) in [5.74, 6) is 0.115. The average Bonchev–Trinajstić information content (AvgIpc) is 3.01. The fourth-order valence-electron chi connectivity index (χ4n) is 2.71. The van der Waals surface area contributed by atoms with Crippen LogP contribution in [0.5, 0.6) is 6.01 Å². The maximum atomic E-state index is 12.9. The number of aromatic nitrogens is 2. The lowest BCUT2D eigenvalue weighted by Gasteiger charge is -2.16. The molecule has 0 N–H and O–H groups in total. The zero-order chi connectivity index (χ0) is 17.8. The number of benzene rings is 1. The van der Waals surface area contributed by atoms with Gasteiger partial charge < -0.3 is 9.64 Å². The average molecular weight is 361 g/mol. The minimum absolute atomic E-state index is 0.0572. The SMILES string of the molecule is Cc1cc(C)nc(O[C@@H]2CCN(C(=O)CSc3ccc(F)cc3)C2)n1. The smallest absolute Gasteiger partial charge is 0.317 e. The van der Waals surface area contributed by atoms with E-state index in [4.69, 9.17) is 4.74 Å². The molecule has 1 aromatic carbocycles. The molecular formula is C18H20FN3O2S. The second kappa shape index (κ2) is 7.82. The molecule has 0 unspecified atom stereocenters. The van der Waals surface area contributed by atoms with E-state index in [0.717, 1.165) is 22.7 Å². The Morgan fingerprint density at radius 3 is 2.64 bits per heavy atom. The third-order valence-electron chi connectivity index (χ3n) is 3.91.